The number of carbonyl (C=O) groups is 2. The lowest BCUT2D eigenvalue weighted by atomic mass is 10.0. The van der Waals surface area contributed by atoms with Gasteiger partial charge in [0.15, 0.2) is 0 Å². The van der Waals surface area contributed by atoms with Crippen LogP contribution in [0.1, 0.15) is 25.0 Å². The largest absolute Gasteiger partial charge is 0.417 e. The zero-order chi connectivity index (χ0) is 20.9. The van der Waals surface area contributed by atoms with Crippen molar-refractivity contribution in [1.82, 2.24) is 14.7 Å². The summed E-state index contributed by atoms with van der Waals surface area (Å²) in [5.41, 5.74) is -3.35. The smallest absolute Gasteiger partial charge is 0.290 e. The molecule has 1 fully saturated rings. The van der Waals surface area contributed by atoms with Gasteiger partial charge < -0.3 is 0 Å². The van der Waals surface area contributed by atoms with E-state index < -0.39 is 34.8 Å². The second-order valence-electron chi connectivity index (χ2n) is 6.59. The fourth-order valence-corrected chi connectivity index (χ4v) is 3.19. The topological polar surface area (TPSA) is 82.2 Å². The Morgan fingerprint density at radius 2 is 1.96 bits per heavy atom. The Balaban J connectivity index is 2.02. The number of halogens is 4. The van der Waals surface area contributed by atoms with Gasteiger partial charge in [0, 0.05) is 6.20 Å². The van der Waals surface area contributed by atoms with Gasteiger partial charge in [0.05, 0.1) is 33.6 Å². The van der Waals surface area contributed by atoms with Gasteiger partial charge in [0.2, 0.25) is 0 Å². The van der Waals surface area contributed by atoms with Crippen molar-refractivity contribution in [2.75, 3.05) is 4.90 Å². The molecular formula is C17H13BrF3N5O2. The molecule has 2 aromatic rings. The highest BCUT2D eigenvalue weighted by molar-refractivity contribution is 9.10. The van der Waals surface area contributed by atoms with E-state index in [1.165, 1.54) is 35.7 Å². The molecule has 0 atom stereocenters. The molecule has 1 aromatic carbocycles. The number of rotatable bonds is 3. The second-order valence-corrected chi connectivity index (χ2v) is 7.50. The van der Waals surface area contributed by atoms with Crippen LogP contribution < -0.4 is 4.90 Å². The van der Waals surface area contributed by atoms with E-state index in [0.29, 0.717) is 15.4 Å². The number of carbonyl (C=O) groups excluding carboxylic acids is 2. The van der Waals surface area contributed by atoms with Gasteiger partial charge >= 0.3 is 12.2 Å². The number of hydrogen-bond donors (Lipinski definition) is 0. The molecule has 0 aliphatic carbocycles. The van der Waals surface area contributed by atoms with E-state index in [1.54, 1.807) is 6.20 Å². The van der Waals surface area contributed by atoms with Gasteiger partial charge in [-0.1, -0.05) is 0 Å². The van der Waals surface area contributed by atoms with Crippen LogP contribution >= 0.6 is 15.9 Å². The third kappa shape index (κ3) is 3.24. The lowest BCUT2D eigenvalue weighted by molar-refractivity contribution is -0.137. The predicted octanol–water partition coefficient (Wildman–Crippen LogP) is 3.74. The molecule has 0 N–H and O–H groups in total. The first-order chi connectivity index (χ1) is 13.0. The number of amides is 3. The van der Waals surface area contributed by atoms with Crippen LogP contribution in [0.4, 0.5) is 23.7 Å². The molecule has 1 aromatic heterocycles. The summed E-state index contributed by atoms with van der Waals surface area (Å²) in [5, 5.41) is 12.9. The Hall–Kier alpha value is -2.87. The first-order valence-corrected chi connectivity index (χ1v) is 8.71. The van der Waals surface area contributed by atoms with Crippen molar-refractivity contribution in [2.45, 2.75) is 32.2 Å². The van der Waals surface area contributed by atoms with E-state index in [9.17, 15) is 22.8 Å². The van der Waals surface area contributed by atoms with Crippen LogP contribution in [0.15, 0.2) is 35.1 Å². The molecule has 0 unspecified atom stereocenters. The van der Waals surface area contributed by atoms with Gasteiger partial charge in [-0.15, -0.1) is 0 Å². The molecule has 3 amide bonds. The summed E-state index contributed by atoms with van der Waals surface area (Å²) in [6.45, 7) is 2.93. The Kier molecular flexibility index (Phi) is 4.71. The van der Waals surface area contributed by atoms with Crippen molar-refractivity contribution in [3.05, 3.63) is 46.2 Å². The fourth-order valence-electron chi connectivity index (χ4n) is 2.86. The average molecular weight is 456 g/mol. The monoisotopic (exact) mass is 455 g/mol. The molecule has 1 saturated heterocycles. The fraction of sp³-hybridized carbons (Fsp3) is 0.294. The van der Waals surface area contributed by atoms with E-state index >= 15 is 0 Å². The van der Waals surface area contributed by atoms with Crippen molar-refractivity contribution in [3.63, 3.8) is 0 Å². The van der Waals surface area contributed by atoms with Crippen molar-refractivity contribution >= 4 is 33.6 Å². The first kappa shape index (κ1) is 19.9. The number of nitrogens with zero attached hydrogens (tertiary/aromatic N) is 5. The summed E-state index contributed by atoms with van der Waals surface area (Å²) in [6.07, 6.45) is -1.70. The van der Waals surface area contributed by atoms with Gasteiger partial charge in [0.25, 0.3) is 5.91 Å². The van der Waals surface area contributed by atoms with Gasteiger partial charge in [0.1, 0.15) is 12.2 Å². The van der Waals surface area contributed by atoms with Crippen molar-refractivity contribution in [3.8, 4) is 6.07 Å². The Bertz CT molecular complexity index is 1010. The van der Waals surface area contributed by atoms with Crippen molar-refractivity contribution in [2.24, 2.45) is 0 Å². The molecule has 1 aliphatic heterocycles. The molecule has 0 bridgehead atoms. The minimum Gasteiger partial charge on any atom is -0.290 e. The number of anilines is 1. The Morgan fingerprint density at radius 1 is 1.29 bits per heavy atom. The summed E-state index contributed by atoms with van der Waals surface area (Å²) < 4.78 is 41.8. The lowest BCUT2D eigenvalue weighted by Gasteiger charge is -2.27. The summed E-state index contributed by atoms with van der Waals surface area (Å²) in [6, 6.07) is 3.42. The van der Waals surface area contributed by atoms with Crippen LogP contribution in [0, 0.1) is 11.3 Å². The highest BCUT2D eigenvalue weighted by Gasteiger charge is 2.52. The maximum atomic E-state index is 13.2. The molecule has 1 aliphatic rings. The van der Waals surface area contributed by atoms with E-state index in [0.717, 1.165) is 12.1 Å². The Morgan fingerprint density at radius 3 is 2.50 bits per heavy atom. The lowest BCUT2D eigenvalue weighted by Crippen LogP contribution is -2.45. The normalized spacial score (nSPS) is 16.6. The molecule has 3 rings (SSSR count). The van der Waals surface area contributed by atoms with Crippen molar-refractivity contribution in [1.29, 1.82) is 5.26 Å². The van der Waals surface area contributed by atoms with Crippen LogP contribution in [0.3, 0.4) is 0 Å². The number of alkyl halides is 3. The maximum Gasteiger partial charge on any atom is 0.417 e. The number of hydrogen-bond acceptors (Lipinski definition) is 4. The van der Waals surface area contributed by atoms with Crippen LogP contribution in [0.5, 0.6) is 0 Å². The molecule has 7 nitrogen and oxygen atoms in total. The molecule has 28 heavy (non-hydrogen) atoms. The molecule has 146 valence electrons. The molecule has 0 saturated carbocycles. The zero-order valence-corrected chi connectivity index (χ0v) is 16.2. The number of urea groups is 1. The van der Waals surface area contributed by atoms with Crippen LogP contribution in [-0.2, 0) is 17.6 Å². The summed E-state index contributed by atoms with van der Waals surface area (Å²) in [7, 11) is 0. The predicted molar refractivity (Wildman–Crippen MR) is 94.9 cm³/mol. The van der Waals surface area contributed by atoms with Crippen LogP contribution in [0.25, 0.3) is 0 Å². The van der Waals surface area contributed by atoms with Crippen LogP contribution in [0.2, 0.25) is 0 Å². The standard InChI is InChI=1S/C17H13BrF3N5O2/c1-16(2)14(27)26(15(28)25(16)9-24-8-11(18)7-23-24)12-4-3-10(6-22)13(5-12)17(19,20)21/h3-5,7-8H,9H2,1-2H3. The second kappa shape index (κ2) is 6.63. The number of nitriles is 1. The van der Waals surface area contributed by atoms with Crippen LogP contribution in [-0.4, -0.2) is 32.2 Å². The zero-order valence-electron chi connectivity index (χ0n) is 14.7. The third-order valence-electron chi connectivity index (χ3n) is 4.40. The minimum absolute atomic E-state index is 0.0674. The quantitative estimate of drug-likeness (QED) is 0.660. The molecule has 2 heterocycles. The highest BCUT2D eigenvalue weighted by atomic mass is 79.9. The SMILES string of the molecule is CC1(C)C(=O)N(c2ccc(C#N)c(C(F)(F)F)c2)C(=O)N1Cn1cc(Br)cn1. The van der Waals surface area contributed by atoms with E-state index in [1.807, 2.05) is 0 Å². The molecule has 0 radical (unpaired) electrons. The molecule has 11 heteroatoms. The summed E-state index contributed by atoms with van der Waals surface area (Å²) in [4.78, 5) is 27.6. The summed E-state index contributed by atoms with van der Waals surface area (Å²) >= 11 is 3.23. The van der Waals surface area contributed by atoms with Gasteiger partial charge in [-0.3, -0.25) is 14.4 Å². The van der Waals surface area contributed by atoms with Gasteiger partial charge in [-0.05, 0) is 48.0 Å². The Labute approximate surface area is 166 Å². The van der Waals surface area contributed by atoms with E-state index in [4.69, 9.17) is 5.26 Å². The maximum absolute atomic E-state index is 13.2. The molecular weight excluding hydrogens is 443 g/mol. The first-order valence-electron chi connectivity index (χ1n) is 7.92. The van der Waals surface area contributed by atoms with E-state index in [2.05, 4.69) is 21.0 Å². The summed E-state index contributed by atoms with van der Waals surface area (Å²) in [5.74, 6) is -0.679. The number of aromatic nitrogens is 2. The van der Waals surface area contributed by atoms with Crippen molar-refractivity contribution < 1.29 is 22.8 Å². The average Bonchev–Trinajstić information content (AvgIpc) is 3.09. The van der Waals surface area contributed by atoms with Gasteiger partial charge in [-0.25, -0.2) is 9.69 Å². The third-order valence-corrected chi connectivity index (χ3v) is 4.81. The minimum atomic E-state index is -4.80. The highest BCUT2D eigenvalue weighted by Crippen LogP contribution is 2.37. The van der Waals surface area contributed by atoms with Gasteiger partial charge in [-0.2, -0.15) is 23.5 Å². The molecule has 0 spiro atoms. The number of benzene rings is 1. The number of imide groups is 1. The van der Waals surface area contributed by atoms with E-state index in [-0.39, 0.29) is 12.4 Å².